The molecule has 5 heteroatoms. The van der Waals surface area contributed by atoms with Crippen LogP contribution in [0.4, 0.5) is 0 Å². The molecule has 0 bridgehead atoms. The summed E-state index contributed by atoms with van der Waals surface area (Å²) in [7, 11) is -2.95. The minimum Gasteiger partial charge on any atom is -0.299 e. The van der Waals surface area contributed by atoms with Gasteiger partial charge < -0.3 is 0 Å². The van der Waals surface area contributed by atoms with Crippen LogP contribution < -0.4 is 0 Å². The number of sulfone groups is 1. The third-order valence-corrected chi connectivity index (χ3v) is 6.55. The van der Waals surface area contributed by atoms with Gasteiger partial charge in [-0.25, -0.2) is 8.42 Å². The van der Waals surface area contributed by atoms with Crippen molar-refractivity contribution in [2.75, 3.05) is 11.5 Å². The van der Waals surface area contributed by atoms with Crippen molar-refractivity contribution in [3.05, 3.63) is 21.9 Å². The van der Waals surface area contributed by atoms with Gasteiger partial charge in [0, 0.05) is 23.0 Å². The molecular formula is C14H20O3S2. The lowest BCUT2D eigenvalue weighted by molar-refractivity contribution is -0.120. The lowest BCUT2D eigenvalue weighted by Gasteiger charge is -2.21. The van der Waals surface area contributed by atoms with Crippen LogP contribution in [0.5, 0.6) is 0 Å². The maximum absolute atomic E-state index is 12.2. The lowest BCUT2D eigenvalue weighted by atomic mass is 9.83. The average Bonchev–Trinajstić information content (AvgIpc) is 2.86. The molecule has 1 atom stereocenters. The molecule has 1 aliphatic rings. The Morgan fingerprint density at radius 1 is 1.47 bits per heavy atom. The predicted molar refractivity (Wildman–Crippen MR) is 78.6 cm³/mol. The van der Waals surface area contributed by atoms with E-state index < -0.39 is 9.84 Å². The molecule has 1 aromatic rings. The maximum Gasteiger partial charge on any atom is 0.150 e. The summed E-state index contributed by atoms with van der Waals surface area (Å²) < 4.78 is 22.8. The summed E-state index contributed by atoms with van der Waals surface area (Å²) in [5, 5.41) is 2.05. The second-order valence-electron chi connectivity index (χ2n) is 5.05. The zero-order valence-electron chi connectivity index (χ0n) is 11.2. The van der Waals surface area contributed by atoms with Gasteiger partial charge in [0.1, 0.15) is 15.6 Å². The van der Waals surface area contributed by atoms with Gasteiger partial charge in [-0.2, -0.15) is 0 Å². The second kappa shape index (κ2) is 6.18. The highest BCUT2D eigenvalue weighted by Gasteiger charge is 2.26. The van der Waals surface area contributed by atoms with Crippen molar-refractivity contribution in [3.63, 3.8) is 0 Å². The van der Waals surface area contributed by atoms with Gasteiger partial charge in [-0.15, -0.1) is 11.3 Å². The molecule has 0 spiro atoms. The molecule has 0 radical (unpaired) electrons. The lowest BCUT2D eigenvalue weighted by Crippen LogP contribution is -2.18. The standard InChI is InChI=1S/C14H20O3S2/c1-2-19(16,17)10-4-6-13(15)11-5-3-7-14-12(11)8-9-18-14/h8-9,11H,2-7,10H2,1H3. The number of hydrogen-bond acceptors (Lipinski definition) is 4. The van der Waals surface area contributed by atoms with Gasteiger partial charge in [-0.05, 0) is 42.7 Å². The highest BCUT2D eigenvalue weighted by molar-refractivity contribution is 7.91. The molecule has 1 unspecified atom stereocenters. The summed E-state index contributed by atoms with van der Waals surface area (Å²) in [5.41, 5.74) is 1.19. The fraction of sp³-hybridized carbons (Fsp3) is 0.643. The highest BCUT2D eigenvalue weighted by atomic mass is 32.2. The van der Waals surface area contributed by atoms with Crippen LogP contribution >= 0.6 is 11.3 Å². The third kappa shape index (κ3) is 3.66. The van der Waals surface area contributed by atoms with Crippen molar-refractivity contribution in [3.8, 4) is 0 Å². The fourth-order valence-corrected chi connectivity index (χ4v) is 4.47. The van der Waals surface area contributed by atoms with Crippen LogP contribution in [0.25, 0.3) is 0 Å². The van der Waals surface area contributed by atoms with Gasteiger partial charge in [0.15, 0.2) is 0 Å². The minimum absolute atomic E-state index is 0.0133. The van der Waals surface area contributed by atoms with Crippen molar-refractivity contribution >= 4 is 27.0 Å². The molecule has 1 aromatic heterocycles. The first kappa shape index (κ1) is 14.7. The van der Waals surface area contributed by atoms with Crippen molar-refractivity contribution in [1.29, 1.82) is 0 Å². The summed E-state index contributed by atoms with van der Waals surface area (Å²) in [4.78, 5) is 13.6. The molecule has 0 aliphatic heterocycles. The van der Waals surface area contributed by atoms with Crippen LogP contribution in [-0.4, -0.2) is 25.7 Å². The minimum atomic E-state index is -2.95. The molecule has 3 nitrogen and oxygen atoms in total. The van der Waals surface area contributed by atoms with Crippen molar-refractivity contribution in [1.82, 2.24) is 0 Å². The summed E-state index contributed by atoms with van der Waals surface area (Å²) in [6.45, 7) is 1.65. The number of fused-ring (bicyclic) bond motifs is 1. The smallest absolute Gasteiger partial charge is 0.150 e. The van der Waals surface area contributed by atoms with E-state index in [1.54, 1.807) is 18.3 Å². The summed E-state index contributed by atoms with van der Waals surface area (Å²) >= 11 is 1.73. The van der Waals surface area contributed by atoms with E-state index in [-0.39, 0.29) is 23.2 Å². The van der Waals surface area contributed by atoms with Crippen molar-refractivity contribution in [2.45, 2.75) is 44.9 Å². The van der Waals surface area contributed by atoms with Crippen molar-refractivity contribution < 1.29 is 13.2 Å². The SMILES string of the molecule is CCS(=O)(=O)CCCC(=O)C1CCCc2sccc21. The number of ketones is 1. The molecule has 0 fully saturated rings. The van der Waals surface area contributed by atoms with Crippen LogP contribution in [0.1, 0.15) is 49.0 Å². The summed E-state index contributed by atoms with van der Waals surface area (Å²) in [6, 6.07) is 2.06. The molecule has 0 aromatic carbocycles. The van der Waals surface area contributed by atoms with Gasteiger partial charge >= 0.3 is 0 Å². The van der Waals surface area contributed by atoms with Crippen molar-refractivity contribution in [2.24, 2.45) is 0 Å². The summed E-state index contributed by atoms with van der Waals surface area (Å²) in [5.74, 6) is 0.530. The van der Waals surface area contributed by atoms with E-state index in [0.29, 0.717) is 12.8 Å². The van der Waals surface area contributed by atoms with Crippen LogP contribution in [0.3, 0.4) is 0 Å². The third-order valence-electron chi connectivity index (χ3n) is 3.76. The predicted octanol–water partition coefficient (Wildman–Crippen LogP) is 2.95. The van der Waals surface area contributed by atoms with E-state index in [2.05, 4.69) is 11.4 Å². The summed E-state index contributed by atoms with van der Waals surface area (Å²) in [6.07, 6.45) is 3.92. The molecule has 19 heavy (non-hydrogen) atoms. The van der Waals surface area contributed by atoms with Crippen LogP contribution in [-0.2, 0) is 21.1 Å². The Kier molecular flexibility index (Phi) is 4.79. The van der Waals surface area contributed by atoms with E-state index in [9.17, 15) is 13.2 Å². The normalized spacial score (nSPS) is 19.1. The number of hydrogen-bond donors (Lipinski definition) is 0. The van der Waals surface area contributed by atoms with E-state index in [4.69, 9.17) is 0 Å². The first-order chi connectivity index (χ1) is 9.03. The van der Waals surface area contributed by atoms with E-state index in [0.717, 1.165) is 19.3 Å². The molecule has 0 saturated heterocycles. The van der Waals surface area contributed by atoms with Crippen LogP contribution in [0.15, 0.2) is 11.4 Å². The zero-order chi connectivity index (χ0) is 13.9. The van der Waals surface area contributed by atoms with Gasteiger partial charge in [-0.3, -0.25) is 4.79 Å². The highest BCUT2D eigenvalue weighted by Crippen LogP contribution is 2.36. The maximum atomic E-state index is 12.2. The van der Waals surface area contributed by atoms with Crippen LogP contribution in [0, 0.1) is 0 Å². The molecule has 2 rings (SSSR count). The number of carbonyl (C=O) groups excluding carboxylic acids is 1. The molecular weight excluding hydrogens is 280 g/mol. The fourth-order valence-electron chi connectivity index (χ4n) is 2.61. The van der Waals surface area contributed by atoms with Gasteiger partial charge in [0.05, 0.1) is 5.75 Å². The largest absolute Gasteiger partial charge is 0.299 e. The van der Waals surface area contributed by atoms with E-state index in [1.807, 2.05) is 0 Å². The molecule has 1 aliphatic carbocycles. The second-order valence-corrected chi connectivity index (χ2v) is 8.52. The monoisotopic (exact) mass is 300 g/mol. The van der Waals surface area contributed by atoms with Gasteiger partial charge in [0.2, 0.25) is 0 Å². The van der Waals surface area contributed by atoms with Gasteiger partial charge in [-0.1, -0.05) is 6.92 Å². The number of thiophene rings is 1. The first-order valence-electron chi connectivity index (χ1n) is 6.83. The quantitative estimate of drug-likeness (QED) is 0.811. The van der Waals surface area contributed by atoms with Gasteiger partial charge in [0.25, 0.3) is 0 Å². The zero-order valence-corrected chi connectivity index (χ0v) is 12.9. The van der Waals surface area contributed by atoms with E-state index in [1.165, 1.54) is 10.4 Å². The molecule has 0 amide bonds. The number of rotatable bonds is 6. The molecule has 0 N–H and O–H groups in total. The van der Waals surface area contributed by atoms with E-state index >= 15 is 0 Å². The number of Topliss-reactive ketones (excluding diaryl/α,β-unsaturated/α-hetero) is 1. The Morgan fingerprint density at radius 3 is 3.00 bits per heavy atom. The number of aryl methyl sites for hydroxylation is 1. The molecule has 1 heterocycles. The van der Waals surface area contributed by atoms with Crippen LogP contribution in [0.2, 0.25) is 0 Å². The Hall–Kier alpha value is -0.680. The topological polar surface area (TPSA) is 51.2 Å². The Labute approximate surface area is 119 Å². The average molecular weight is 300 g/mol. The first-order valence-corrected chi connectivity index (χ1v) is 9.53. The number of carbonyl (C=O) groups is 1. The molecule has 0 saturated carbocycles. The Bertz CT molecular complexity index is 543. The Morgan fingerprint density at radius 2 is 2.26 bits per heavy atom. The Balaban J connectivity index is 1.92. The molecule has 106 valence electrons.